The Kier molecular flexibility index (Phi) is 7.09. The van der Waals surface area contributed by atoms with Crippen LogP contribution in [0, 0.1) is 5.92 Å². The molecular weight excluding hydrogens is 431 g/mol. The first-order chi connectivity index (χ1) is 16.6. The molecule has 0 bridgehead atoms. The number of aromatic nitrogens is 2. The number of rotatable bonds is 10. The van der Waals surface area contributed by atoms with Crippen LogP contribution in [0.2, 0.25) is 0 Å². The Morgan fingerprint density at radius 3 is 2.94 bits per heavy atom. The van der Waals surface area contributed by atoms with Crippen LogP contribution in [0.25, 0.3) is 0 Å². The molecular formula is C27H35FN4O2. The van der Waals surface area contributed by atoms with E-state index in [4.69, 9.17) is 4.98 Å². The van der Waals surface area contributed by atoms with Gasteiger partial charge in [-0.15, -0.1) is 0 Å². The number of carbonyl (C=O) groups is 1. The molecule has 2 N–H and O–H groups in total. The molecule has 6 nitrogen and oxygen atoms in total. The molecule has 34 heavy (non-hydrogen) atoms. The molecule has 182 valence electrons. The lowest BCUT2D eigenvalue weighted by Gasteiger charge is -2.26. The van der Waals surface area contributed by atoms with Crippen molar-refractivity contribution < 1.29 is 14.3 Å². The number of pyridine rings is 2. The zero-order valence-corrected chi connectivity index (χ0v) is 19.8. The predicted octanol–water partition coefficient (Wildman–Crippen LogP) is 4.91. The van der Waals surface area contributed by atoms with Crippen LogP contribution >= 0.6 is 0 Å². The molecule has 1 saturated heterocycles. The zero-order valence-electron chi connectivity index (χ0n) is 19.8. The van der Waals surface area contributed by atoms with E-state index in [1.54, 1.807) is 6.20 Å². The summed E-state index contributed by atoms with van der Waals surface area (Å²) < 4.78 is 15.1. The summed E-state index contributed by atoms with van der Waals surface area (Å²) in [5.74, 6) is 0.433. The molecule has 0 spiro atoms. The van der Waals surface area contributed by atoms with Crippen molar-refractivity contribution in [2.45, 2.75) is 75.9 Å². The van der Waals surface area contributed by atoms with Gasteiger partial charge in [-0.2, -0.15) is 0 Å². The van der Waals surface area contributed by atoms with Crippen LogP contribution in [0.5, 0.6) is 0 Å². The molecule has 2 aliphatic heterocycles. The van der Waals surface area contributed by atoms with Gasteiger partial charge in [0.1, 0.15) is 18.0 Å². The van der Waals surface area contributed by atoms with E-state index in [0.29, 0.717) is 31.8 Å². The van der Waals surface area contributed by atoms with Gasteiger partial charge in [0.05, 0.1) is 0 Å². The number of nitrogens with zero attached hydrogens (tertiary/aromatic N) is 3. The number of likely N-dealkylation sites (tertiary alicyclic amines) is 1. The van der Waals surface area contributed by atoms with Gasteiger partial charge in [0.15, 0.2) is 0 Å². The van der Waals surface area contributed by atoms with Gasteiger partial charge in [-0.1, -0.05) is 18.6 Å². The fourth-order valence-electron chi connectivity index (χ4n) is 5.58. The molecule has 7 heteroatoms. The maximum absolute atomic E-state index is 15.1. The second-order valence-electron chi connectivity index (χ2n) is 10.1. The number of alkyl halides is 1. The number of nitrogens with one attached hydrogen (secondary N) is 1. The van der Waals surface area contributed by atoms with Crippen LogP contribution in [0.1, 0.15) is 79.4 Å². The van der Waals surface area contributed by atoms with Crippen LogP contribution in [0.4, 0.5) is 10.2 Å². The lowest BCUT2D eigenvalue weighted by atomic mass is 9.97. The molecule has 3 atom stereocenters. The first-order valence-electron chi connectivity index (χ1n) is 12.9. The molecule has 1 aliphatic carbocycles. The Bertz CT molecular complexity index is 1010. The molecule has 2 unspecified atom stereocenters. The summed E-state index contributed by atoms with van der Waals surface area (Å²) in [5, 5.41) is 13.4. The van der Waals surface area contributed by atoms with Crippen molar-refractivity contribution in [2.24, 2.45) is 5.92 Å². The van der Waals surface area contributed by atoms with Gasteiger partial charge in [-0.3, -0.25) is 14.7 Å². The number of carboxylic acids is 1. The largest absolute Gasteiger partial charge is 0.480 e. The van der Waals surface area contributed by atoms with Gasteiger partial charge >= 0.3 is 5.97 Å². The van der Waals surface area contributed by atoms with Gasteiger partial charge in [-0.25, -0.2) is 9.37 Å². The molecule has 2 fully saturated rings. The second kappa shape index (κ2) is 10.4. The highest BCUT2D eigenvalue weighted by molar-refractivity contribution is 5.76. The van der Waals surface area contributed by atoms with Crippen LogP contribution in [-0.4, -0.2) is 51.7 Å². The van der Waals surface area contributed by atoms with Crippen molar-refractivity contribution in [3.63, 3.8) is 0 Å². The summed E-state index contributed by atoms with van der Waals surface area (Å²) in [6.07, 6.45) is 9.08. The minimum Gasteiger partial charge on any atom is -0.480 e. The average molecular weight is 467 g/mol. The molecule has 2 aromatic rings. The first kappa shape index (κ1) is 23.2. The standard InChI is InChI=1S/C27H35FN4O2/c28-23(8-2-1-6-21-12-11-19-5-3-15-30-26(19)31-21)20-13-16-32(17-20)25(27(33)34)22-7-4-14-29-24(22)18-9-10-18/h4,7,11-12,14,18,20,23,25H,1-3,5-6,8-10,13,15-17H2,(H,30,31)(H,33,34)/t20-,23?,25?/m1/s1. The minimum absolute atomic E-state index is 0.103. The van der Waals surface area contributed by atoms with Crippen molar-refractivity contribution in [3.8, 4) is 0 Å². The van der Waals surface area contributed by atoms with E-state index in [1.807, 2.05) is 17.0 Å². The number of unbranched alkanes of at least 4 members (excludes halogenated alkanes) is 1. The fraction of sp³-hybridized carbons (Fsp3) is 0.593. The van der Waals surface area contributed by atoms with Gasteiger partial charge in [0.25, 0.3) is 0 Å². The molecule has 1 saturated carbocycles. The van der Waals surface area contributed by atoms with Crippen molar-refractivity contribution in [2.75, 3.05) is 25.0 Å². The number of hydrogen-bond donors (Lipinski definition) is 2. The van der Waals surface area contributed by atoms with Gasteiger partial charge in [0, 0.05) is 48.1 Å². The number of aliphatic carboxylic acids is 1. The molecule has 5 rings (SSSR count). The summed E-state index contributed by atoms with van der Waals surface area (Å²) in [7, 11) is 0. The highest BCUT2D eigenvalue weighted by atomic mass is 19.1. The normalized spacial score (nSPS) is 22.1. The molecule has 2 aromatic heterocycles. The molecule has 3 aliphatic rings. The minimum atomic E-state index is -0.894. The van der Waals surface area contributed by atoms with E-state index >= 15 is 4.39 Å². The van der Waals surface area contributed by atoms with E-state index in [9.17, 15) is 9.90 Å². The first-order valence-corrected chi connectivity index (χ1v) is 12.9. The number of halogens is 1. The smallest absolute Gasteiger partial charge is 0.325 e. The Labute approximate surface area is 201 Å². The lowest BCUT2D eigenvalue weighted by molar-refractivity contribution is -0.143. The Morgan fingerprint density at radius 2 is 2.12 bits per heavy atom. The van der Waals surface area contributed by atoms with E-state index in [-0.39, 0.29) is 5.92 Å². The second-order valence-corrected chi connectivity index (χ2v) is 10.1. The monoisotopic (exact) mass is 466 g/mol. The third kappa shape index (κ3) is 5.24. The van der Waals surface area contributed by atoms with Crippen molar-refractivity contribution in [1.29, 1.82) is 0 Å². The van der Waals surface area contributed by atoms with E-state index in [0.717, 1.165) is 74.3 Å². The summed E-state index contributed by atoms with van der Waals surface area (Å²) in [4.78, 5) is 23.4. The topological polar surface area (TPSA) is 78.3 Å². The highest BCUT2D eigenvalue weighted by Gasteiger charge is 2.39. The van der Waals surface area contributed by atoms with E-state index in [1.165, 1.54) is 5.56 Å². The average Bonchev–Trinajstić information content (AvgIpc) is 3.59. The van der Waals surface area contributed by atoms with Crippen LogP contribution in [0.15, 0.2) is 30.5 Å². The summed E-state index contributed by atoms with van der Waals surface area (Å²) in [5.41, 5.74) is 4.07. The Balaban J connectivity index is 1.12. The zero-order chi connectivity index (χ0) is 23.5. The molecule has 0 radical (unpaired) electrons. The van der Waals surface area contributed by atoms with E-state index in [2.05, 4.69) is 22.4 Å². The third-order valence-electron chi connectivity index (χ3n) is 7.61. The third-order valence-corrected chi connectivity index (χ3v) is 7.61. The Hall–Kier alpha value is -2.54. The summed E-state index contributed by atoms with van der Waals surface area (Å²) in [6.45, 7) is 2.10. The SMILES string of the molecule is O=C(O)C(c1cccnc1C1CC1)N1CC[C@@H](C(F)CCCCc2ccc3c(n2)NCCC3)C1. The molecule has 0 amide bonds. The van der Waals surface area contributed by atoms with E-state index < -0.39 is 18.2 Å². The number of fused-ring (bicyclic) bond motifs is 1. The molecule has 0 aromatic carbocycles. The Morgan fingerprint density at radius 1 is 1.24 bits per heavy atom. The number of aryl methyl sites for hydroxylation is 2. The maximum Gasteiger partial charge on any atom is 0.325 e. The number of carboxylic acid groups (broad SMARTS) is 1. The van der Waals surface area contributed by atoms with Gasteiger partial charge < -0.3 is 10.4 Å². The number of hydrogen-bond acceptors (Lipinski definition) is 5. The van der Waals surface area contributed by atoms with Crippen molar-refractivity contribution >= 4 is 11.8 Å². The fourth-order valence-corrected chi connectivity index (χ4v) is 5.58. The summed E-state index contributed by atoms with van der Waals surface area (Å²) >= 11 is 0. The summed E-state index contributed by atoms with van der Waals surface area (Å²) in [6, 6.07) is 7.25. The van der Waals surface area contributed by atoms with Crippen LogP contribution in [0.3, 0.4) is 0 Å². The van der Waals surface area contributed by atoms with Gasteiger partial charge in [-0.05, 0) is 75.6 Å². The quantitative estimate of drug-likeness (QED) is 0.485. The number of anilines is 1. The molecule has 4 heterocycles. The lowest BCUT2D eigenvalue weighted by Crippen LogP contribution is -2.34. The van der Waals surface area contributed by atoms with Gasteiger partial charge in [0.2, 0.25) is 0 Å². The van der Waals surface area contributed by atoms with Crippen molar-refractivity contribution in [1.82, 2.24) is 14.9 Å². The highest BCUT2D eigenvalue weighted by Crippen LogP contribution is 2.43. The van der Waals surface area contributed by atoms with Crippen LogP contribution in [-0.2, 0) is 17.6 Å². The predicted molar refractivity (Wildman–Crippen MR) is 130 cm³/mol. The van der Waals surface area contributed by atoms with Crippen molar-refractivity contribution in [3.05, 3.63) is 53.0 Å². The maximum atomic E-state index is 15.1. The van der Waals surface area contributed by atoms with Crippen LogP contribution < -0.4 is 5.32 Å².